The number of amides is 1. The molecule has 9 heteroatoms. The average molecular weight is 378 g/mol. The second-order valence-corrected chi connectivity index (χ2v) is 6.35. The van der Waals surface area contributed by atoms with Crippen molar-refractivity contribution >= 4 is 57.0 Å². The van der Waals surface area contributed by atoms with Crippen molar-refractivity contribution in [3.63, 3.8) is 0 Å². The number of hydrogen-bond acceptors (Lipinski definition) is 7. The molecule has 2 aromatic heterocycles. The highest BCUT2D eigenvalue weighted by atomic mass is 35.5. The van der Waals surface area contributed by atoms with Gasteiger partial charge in [0.05, 0.1) is 5.02 Å². The number of thiophene rings is 1. The number of nitrogens with one attached hydrogen (secondary N) is 1. The van der Waals surface area contributed by atoms with Crippen LogP contribution in [0.2, 0.25) is 5.02 Å². The Labute approximate surface area is 151 Å². The number of aryl methyl sites for hydroxylation is 1. The van der Waals surface area contributed by atoms with Crippen molar-refractivity contribution in [1.82, 2.24) is 10.2 Å². The normalized spacial score (nSPS) is 11.1. The Morgan fingerprint density at radius 3 is 2.88 bits per heavy atom. The molecule has 0 radical (unpaired) electrons. The molecular formula is C16H12ClN3O4S. The second-order valence-electron chi connectivity index (χ2n) is 4.89. The van der Waals surface area contributed by atoms with E-state index >= 15 is 0 Å². The lowest BCUT2D eigenvalue weighted by molar-refractivity contribution is -0.142. The number of fused-ring (bicyclic) bond motifs is 1. The van der Waals surface area contributed by atoms with Gasteiger partial charge in [-0.3, -0.25) is 10.1 Å². The molecule has 3 rings (SSSR count). The summed E-state index contributed by atoms with van der Waals surface area (Å²) in [6, 6.07) is 7.62. The zero-order valence-corrected chi connectivity index (χ0v) is 14.6. The zero-order chi connectivity index (χ0) is 17.8. The number of benzene rings is 1. The van der Waals surface area contributed by atoms with E-state index in [-0.39, 0.29) is 6.01 Å². The van der Waals surface area contributed by atoms with E-state index in [1.54, 1.807) is 13.0 Å². The lowest BCUT2D eigenvalue weighted by Crippen LogP contribution is -2.20. The highest BCUT2D eigenvalue weighted by molar-refractivity contribution is 7.20. The molecule has 0 unspecified atom stereocenters. The SMILES string of the molecule is Cc1nnc(NC(=O)COC(=O)C=Cc2sc3ccccc3c2Cl)o1. The Kier molecular flexibility index (Phi) is 5.11. The van der Waals surface area contributed by atoms with Crippen LogP contribution in [0, 0.1) is 6.92 Å². The van der Waals surface area contributed by atoms with Crippen LogP contribution in [0.25, 0.3) is 16.2 Å². The summed E-state index contributed by atoms with van der Waals surface area (Å²) in [4.78, 5) is 24.1. The van der Waals surface area contributed by atoms with E-state index in [1.807, 2.05) is 24.3 Å². The predicted molar refractivity (Wildman–Crippen MR) is 94.5 cm³/mol. The molecule has 128 valence electrons. The third kappa shape index (κ3) is 4.23. The highest BCUT2D eigenvalue weighted by Gasteiger charge is 2.11. The van der Waals surface area contributed by atoms with Crippen LogP contribution in [0.5, 0.6) is 0 Å². The van der Waals surface area contributed by atoms with Crippen LogP contribution in [0.1, 0.15) is 10.8 Å². The first-order valence-electron chi connectivity index (χ1n) is 7.15. The van der Waals surface area contributed by atoms with Crippen LogP contribution in [0.4, 0.5) is 6.01 Å². The van der Waals surface area contributed by atoms with Gasteiger partial charge in [0.1, 0.15) is 0 Å². The Balaban J connectivity index is 1.55. The van der Waals surface area contributed by atoms with Gasteiger partial charge in [-0.2, -0.15) is 0 Å². The maximum atomic E-state index is 11.7. The fourth-order valence-corrected chi connectivity index (χ4v) is 3.37. The maximum Gasteiger partial charge on any atom is 0.331 e. The highest BCUT2D eigenvalue weighted by Crippen LogP contribution is 2.35. The number of aromatic nitrogens is 2. The Morgan fingerprint density at radius 2 is 2.16 bits per heavy atom. The molecule has 0 bridgehead atoms. The molecule has 0 fully saturated rings. The molecule has 2 heterocycles. The third-order valence-corrected chi connectivity index (χ3v) is 4.70. The van der Waals surface area contributed by atoms with Crippen LogP contribution in [0.3, 0.4) is 0 Å². The fourth-order valence-electron chi connectivity index (χ4n) is 1.97. The standard InChI is InChI=1S/C16H12ClN3O4S/c1-9-19-20-16(24-9)18-13(21)8-23-14(22)7-6-12-15(17)10-4-2-3-5-11(10)25-12/h2-7H,8H2,1H3,(H,18,20,21). The van der Waals surface area contributed by atoms with E-state index in [4.69, 9.17) is 20.8 Å². The van der Waals surface area contributed by atoms with Crippen molar-refractivity contribution in [2.45, 2.75) is 6.92 Å². The van der Waals surface area contributed by atoms with Crippen molar-refractivity contribution in [3.8, 4) is 0 Å². The number of rotatable bonds is 5. The topological polar surface area (TPSA) is 94.3 Å². The molecular weight excluding hydrogens is 366 g/mol. The summed E-state index contributed by atoms with van der Waals surface area (Å²) in [6.07, 6.45) is 2.79. The van der Waals surface area contributed by atoms with E-state index in [9.17, 15) is 9.59 Å². The fraction of sp³-hybridized carbons (Fsp3) is 0.125. The Bertz CT molecular complexity index is 963. The average Bonchev–Trinajstić information content (AvgIpc) is 3.15. The van der Waals surface area contributed by atoms with E-state index in [0.29, 0.717) is 10.9 Å². The van der Waals surface area contributed by atoms with Gasteiger partial charge >= 0.3 is 12.0 Å². The van der Waals surface area contributed by atoms with E-state index < -0.39 is 18.5 Å². The van der Waals surface area contributed by atoms with Crippen molar-refractivity contribution in [2.24, 2.45) is 0 Å². The van der Waals surface area contributed by atoms with Gasteiger partial charge in [0.25, 0.3) is 5.91 Å². The number of nitrogens with zero attached hydrogens (tertiary/aromatic N) is 2. The zero-order valence-electron chi connectivity index (χ0n) is 13.0. The first-order valence-corrected chi connectivity index (χ1v) is 8.34. The number of halogens is 1. The summed E-state index contributed by atoms with van der Waals surface area (Å²) in [7, 11) is 0. The molecule has 0 aliphatic heterocycles. The van der Waals surface area contributed by atoms with Gasteiger partial charge < -0.3 is 9.15 Å². The number of carbonyl (C=O) groups is 2. The van der Waals surface area contributed by atoms with Crippen molar-refractivity contribution in [1.29, 1.82) is 0 Å². The van der Waals surface area contributed by atoms with Gasteiger partial charge in [-0.15, -0.1) is 16.4 Å². The summed E-state index contributed by atoms with van der Waals surface area (Å²) in [5.41, 5.74) is 0. The molecule has 1 aromatic carbocycles. The van der Waals surface area contributed by atoms with Gasteiger partial charge in [0.2, 0.25) is 5.89 Å². The van der Waals surface area contributed by atoms with Crippen molar-refractivity contribution in [3.05, 3.63) is 46.1 Å². The number of anilines is 1. The van der Waals surface area contributed by atoms with E-state index in [0.717, 1.165) is 15.0 Å². The molecule has 0 atom stereocenters. The van der Waals surface area contributed by atoms with Gasteiger partial charge in [0, 0.05) is 28.0 Å². The van der Waals surface area contributed by atoms with Gasteiger partial charge in [-0.05, 0) is 12.1 Å². The Hall–Kier alpha value is -2.71. The van der Waals surface area contributed by atoms with Gasteiger partial charge in [-0.1, -0.05) is 34.9 Å². The summed E-state index contributed by atoms with van der Waals surface area (Å²) in [5, 5.41) is 11.0. The predicted octanol–water partition coefficient (Wildman–Crippen LogP) is 3.44. The lowest BCUT2D eigenvalue weighted by Gasteiger charge is -2.00. The minimum atomic E-state index is -0.662. The number of ether oxygens (including phenoxy) is 1. The smallest absolute Gasteiger partial charge is 0.331 e. The van der Waals surface area contributed by atoms with Crippen LogP contribution in [-0.4, -0.2) is 28.7 Å². The lowest BCUT2D eigenvalue weighted by atomic mass is 10.2. The number of carbonyl (C=O) groups excluding carboxylic acids is 2. The number of esters is 1. The number of hydrogen-bond donors (Lipinski definition) is 1. The second kappa shape index (κ2) is 7.45. The molecule has 0 spiro atoms. The molecule has 1 amide bonds. The largest absolute Gasteiger partial charge is 0.452 e. The van der Waals surface area contributed by atoms with Crippen LogP contribution >= 0.6 is 22.9 Å². The van der Waals surface area contributed by atoms with Gasteiger partial charge in [-0.25, -0.2) is 4.79 Å². The summed E-state index contributed by atoms with van der Waals surface area (Å²) in [5.74, 6) is -0.925. The summed E-state index contributed by atoms with van der Waals surface area (Å²) in [6.45, 7) is 1.12. The monoisotopic (exact) mass is 377 g/mol. The first kappa shape index (κ1) is 17.1. The first-order chi connectivity index (χ1) is 12.0. The van der Waals surface area contributed by atoms with Crippen molar-refractivity contribution < 1.29 is 18.7 Å². The molecule has 0 aliphatic carbocycles. The molecule has 0 aliphatic rings. The van der Waals surface area contributed by atoms with E-state index in [2.05, 4.69) is 15.5 Å². The van der Waals surface area contributed by atoms with Crippen molar-refractivity contribution in [2.75, 3.05) is 11.9 Å². The van der Waals surface area contributed by atoms with Crippen LogP contribution in [-0.2, 0) is 14.3 Å². The molecule has 25 heavy (non-hydrogen) atoms. The van der Waals surface area contributed by atoms with Crippen LogP contribution < -0.4 is 5.32 Å². The molecule has 0 saturated heterocycles. The maximum absolute atomic E-state index is 11.7. The van der Waals surface area contributed by atoms with E-state index in [1.165, 1.54) is 17.4 Å². The summed E-state index contributed by atoms with van der Waals surface area (Å²) < 4.78 is 10.9. The third-order valence-electron chi connectivity index (χ3n) is 3.05. The molecule has 0 saturated carbocycles. The molecule has 3 aromatic rings. The molecule has 7 nitrogen and oxygen atoms in total. The molecule has 1 N–H and O–H groups in total. The summed E-state index contributed by atoms with van der Waals surface area (Å²) >= 11 is 7.74. The van der Waals surface area contributed by atoms with Gasteiger partial charge in [0.15, 0.2) is 6.61 Å². The Morgan fingerprint density at radius 1 is 1.36 bits per heavy atom. The minimum Gasteiger partial charge on any atom is -0.452 e. The quantitative estimate of drug-likeness (QED) is 0.540. The minimum absolute atomic E-state index is 0.0499. The van der Waals surface area contributed by atoms with Crippen LogP contribution in [0.15, 0.2) is 34.8 Å².